The van der Waals surface area contributed by atoms with E-state index in [-0.39, 0.29) is 11.7 Å². The first kappa shape index (κ1) is 19.4. The van der Waals surface area contributed by atoms with Crippen LogP contribution in [0.1, 0.15) is 17.0 Å². The highest BCUT2D eigenvalue weighted by Crippen LogP contribution is 2.20. The molecule has 142 valence electrons. The van der Waals surface area contributed by atoms with Gasteiger partial charge in [0, 0.05) is 23.8 Å². The summed E-state index contributed by atoms with van der Waals surface area (Å²) in [7, 11) is 1.77. The van der Waals surface area contributed by atoms with Crippen molar-refractivity contribution in [2.75, 3.05) is 18.6 Å². The van der Waals surface area contributed by atoms with E-state index in [2.05, 4.69) is 31.2 Å². The topological polar surface area (TPSA) is 94.9 Å². The SMILES string of the molecule is Cc1cc(C)n(-c2nnc(SCC(=O)N(C)Cc3ccccc3Br)n2N)n1. The molecule has 0 saturated carbocycles. The Morgan fingerprint density at radius 1 is 1.30 bits per heavy atom. The van der Waals surface area contributed by atoms with E-state index in [0.29, 0.717) is 17.6 Å². The number of halogens is 1. The van der Waals surface area contributed by atoms with Gasteiger partial charge in [0.15, 0.2) is 0 Å². The van der Waals surface area contributed by atoms with Gasteiger partial charge in [-0.3, -0.25) is 4.79 Å². The van der Waals surface area contributed by atoms with Gasteiger partial charge >= 0.3 is 0 Å². The van der Waals surface area contributed by atoms with Crippen molar-refractivity contribution in [2.24, 2.45) is 0 Å². The fraction of sp³-hybridized carbons (Fsp3) is 0.294. The van der Waals surface area contributed by atoms with E-state index < -0.39 is 0 Å². The van der Waals surface area contributed by atoms with Crippen LogP contribution in [0.15, 0.2) is 40.0 Å². The Morgan fingerprint density at radius 3 is 2.70 bits per heavy atom. The average Bonchev–Trinajstić information content (AvgIpc) is 3.15. The molecular weight excluding hydrogens is 430 g/mol. The van der Waals surface area contributed by atoms with Crippen molar-refractivity contribution in [1.82, 2.24) is 29.6 Å². The highest BCUT2D eigenvalue weighted by molar-refractivity contribution is 9.10. The van der Waals surface area contributed by atoms with Crippen LogP contribution in [0.2, 0.25) is 0 Å². The van der Waals surface area contributed by atoms with Gasteiger partial charge in [0.05, 0.1) is 11.4 Å². The van der Waals surface area contributed by atoms with Crippen LogP contribution >= 0.6 is 27.7 Å². The summed E-state index contributed by atoms with van der Waals surface area (Å²) in [5.41, 5.74) is 2.83. The molecule has 2 heterocycles. The van der Waals surface area contributed by atoms with Crippen molar-refractivity contribution in [2.45, 2.75) is 25.5 Å². The molecule has 0 spiro atoms. The molecule has 8 nitrogen and oxygen atoms in total. The first-order chi connectivity index (χ1) is 12.9. The predicted octanol–water partition coefficient (Wildman–Crippen LogP) is 2.31. The van der Waals surface area contributed by atoms with Crippen molar-refractivity contribution in [3.63, 3.8) is 0 Å². The number of nitrogen functional groups attached to an aromatic ring is 1. The number of hydrogen-bond donors (Lipinski definition) is 1. The summed E-state index contributed by atoms with van der Waals surface area (Å²) in [4.78, 5) is 14.1. The summed E-state index contributed by atoms with van der Waals surface area (Å²) in [5, 5.41) is 13.0. The minimum Gasteiger partial charge on any atom is -0.341 e. The van der Waals surface area contributed by atoms with Gasteiger partial charge in [0.1, 0.15) is 0 Å². The number of carbonyl (C=O) groups excluding carboxylic acids is 1. The van der Waals surface area contributed by atoms with E-state index in [1.165, 1.54) is 16.4 Å². The standard InChI is InChI=1S/C17H20BrN7OS/c1-11-8-12(2)25(22-11)16-20-21-17(24(16)19)27-10-15(26)23(3)9-13-6-4-5-7-14(13)18/h4-8H,9-10,19H2,1-3H3. The summed E-state index contributed by atoms with van der Waals surface area (Å²) in [6, 6.07) is 9.77. The summed E-state index contributed by atoms with van der Waals surface area (Å²) in [5.74, 6) is 6.71. The minimum atomic E-state index is -0.0218. The average molecular weight is 450 g/mol. The van der Waals surface area contributed by atoms with Crippen molar-refractivity contribution >= 4 is 33.6 Å². The van der Waals surface area contributed by atoms with Crippen molar-refractivity contribution in [1.29, 1.82) is 0 Å². The highest BCUT2D eigenvalue weighted by Gasteiger charge is 2.17. The zero-order chi connectivity index (χ0) is 19.6. The number of nitrogens with two attached hydrogens (primary N) is 1. The maximum atomic E-state index is 12.5. The molecule has 2 N–H and O–H groups in total. The van der Waals surface area contributed by atoms with Crippen molar-refractivity contribution in [3.05, 3.63) is 51.8 Å². The quantitative estimate of drug-likeness (QED) is 0.458. The first-order valence-corrected chi connectivity index (χ1v) is 9.99. The van der Waals surface area contributed by atoms with E-state index in [1.54, 1.807) is 16.6 Å². The van der Waals surface area contributed by atoms with Crippen LogP contribution in [-0.2, 0) is 11.3 Å². The second-order valence-electron chi connectivity index (χ2n) is 6.12. The predicted molar refractivity (Wildman–Crippen MR) is 108 cm³/mol. The summed E-state index contributed by atoms with van der Waals surface area (Å²) in [6.07, 6.45) is 0. The first-order valence-electron chi connectivity index (χ1n) is 8.21. The number of carbonyl (C=O) groups is 1. The molecule has 0 aliphatic carbocycles. The molecule has 0 unspecified atom stereocenters. The molecule has 0 aliphatic heterocycles. The van der Waals surface area contributed by atoms with E-state index in [1.807, 2.05) is 44.2 Å². The molecule has 1 aromatic carbocycles. The second-order valence-corrected chi connectivity index (χ2v) is 7.92. The van der Waals surface area contributed by atoms with Crippen LogP contribution in [0.4, 0.5) is 0 Å². The zero-order valence-electron chi connectivity index (χ0n) is 15.3. The Morgan fingerprint density at radius 2 is 2.04 bits per heavy atom. The molecule has 3 rings (SSSR count). The lowest BCUT2D eigenvalue weighted by molar-refractivity contribution is -0.127. The number of aromatic nitrogens is 5. The van der Waals surface area contributed by atoms with Crippen LogP contribution in [-0.4, -0.2) is 48.3 Å². The van der Waals surface area contributed by atoms with Gasteiger partial charge in [-0.05, 0) is 31.5 Å². The van der Waals surface area contributed by atoms with Crippen LogP contribution in [0.25, 0.3) is 5.95 Å². The number of amides is 1. The molecule has 0 fully saturated rings. The van der Waals surface area contributed by atoms with E-state index in [9.17, 15) is 4.79 Å². The smallest absolute Gasteiger partial charge is 0.271 e. The fourth-order valence-electron chi connectivity index (χ4n) is 2.55. The molecule has 0 bridgehead atoms. The number of benzene rings is 1. The molecular formula is C17H20BrN7OS. The Bertz CT molecular complexity index is 968. The molecule has 0 aliphatic rings. The van der Waals surface area contributed by atoms with Crippen LogP contribution < -0.4 is 5.84 Å². The van der Waals surface area contributed by atoms with E-state index in [0.717, 1.165) is 21.4 Å². The monoisotopic (exact) mass is 449 g/mol. The molecule has 0 atom stereocenters. The van der Waals surface area contributed by atoms with Gasteiger partial charge in [0.25, 0.3) is 5.95 Å². The lowest BCUT2D eigenvalue weighted by atomic mass is 10.2. The van der Waals surface area contributed by atoms with Gasteiger partial charge in [-0.1, -0.05) is 45.9 Å². The van der Waals surface area contributed by atoms with Crippen LogP contribution in [0, 0.1) is 13.8 Å². The largest absolute Gasteiger partial charge is 0.341 e. The van der Waals surface area contributed by atoms with Gasteiger partial charge in [-0.15, -0.1) is 10.2 Å². The minimum absolute atomic E-state index is 0.0218. The van der Waals surface area contributed by atoms with Crippen LogP contribution in [0.3, 0.4) is 0 Å². The number of nitrogens with zero attached hydrogens (tertiary/aromatic N) is 6. The molecule has 1 amide bonds. The number of hydrogen-bond acceptors (Lipinski definition) is 6. The Balaban J connectivity index is 1.64. The van der Waals surface area contributed by atoms with Gasteiger partial charge in [0.2, 0.25) is 11.1 Å². The summed E-state index contributed by atoms with van der Waals surface area (Å²) >= 11 is 4.75. The third kappa shape index (κ3) is 4.33. The molecule has 27 heavy (non-hydrogen) atoms. The van der Waals surface area contributed by atoms with E-state index >= 15 is 0 Å². The second kappa shape index (κ2) is 8.13. The molecule has 0 radical (unpaired) electrons. The maximum absolute atomic E-state index is 12.5. The number of thioether (sulfide) groups is 1. The number of aryl methyl sites for hydroxylation is 2. The zero-order valence-corrected chi connectivity index (χ0v) is 17.7. The molecule has 10 heteroatoms. The van der Waals surface area contributed by atoms with Gasteiger partial charge in [-0.25, -0.2) is 9.36 Å². The Kier molecular flexibility index (Phi) is 5.85. The normalized spacial score (nSPS) is 11.0. The lowest BCUT2D eigenvalue weighted by Crippen LogP contribution is -2.28. The van der Waals surface area contributed by atoms with Gasteiger partial charge in [-0.2, -0.15) is 5.10 Å². The van der Waals surface area contributed by atoms with E-state index in [4.69, 9.17) is 5.84 Å². The summed E-state index contributed by atoms with van der Waals surface area (Å²) < 4.78 is 3.96. The fourth-order valence-corrected chi connectivity index (χ4v) is 3.75. The highest BCUT2D eigenvalue weighted by atomic mass is 79.9. The maximum Gasteiger partial charge on any atom is 0.271 e. The Hall–Kier alpha value is -2.33. The third-order valence-corrected chi connectivity index (χ3v) is 5.66. The molecule has 0 saturated heterocycles. The summed E-state index contributed by atoms with van der Waals surface area (Å²) in [6.45, 7) is 4.34. The molecule has 2 aromatic heterocycles. The lowest BCUT2D eigenvalue weighted by Gasteiger charge is -2.17. The van der Waals surface area contributed by atoms with Crippen molar-refractivity contribution < 1.29 is 4.79 Å². The Labute approximate surface area is 169 Å². The van der Waals surface area contributed by atoms with Gasteiger partial charge < -0.3 is 10.7 Å². The van der Waals surface area contributed by atoms with Crippen LogP contribution in [0.5, 0.6) is 0 Å². The third-order valence-electron chi connectivity index (χ3n) is 3.96. The van der Waals surface area contributed by atoms with Crippen molar-refractivity contribution in [3.8, 4) is 5.95 Å². The molecule has 3 aromatic rings. The number of rotatable bonds is 6.